The molecule has 0 spiro atoms. The van der Waals surface area contributed by atoms with E-state index in [4.69, 9.17) is 18.9 Å². The Kier molecular flexibility index (Phi) is 5.55. The summed E-state index contributed by atoms with van der Waals surface area (Å²) in [5.74, 6) is -1.05. The lowest BCUT2D eigenvalue weighted by atomic mass is 9.91. The molecule has 1 rings (SSSR count). The van der Waals surface area contributed by atoms with Gasteiger partial charge in [-0.2, -0.15) is 0 Å². The van der Waals surface area contributed by atoms with Gasteiger partial charge < -0.3 is 18.9 Å². The van der Waals surface area contributed by atoms with Crippen LogP contribution in [-0.2, 0) is 28.5 Å². The van der Waals surface area contributed by atoms with Gasteiger partial charge in [-0.05, 0) is 20.3 Å². The summed E-state index contributed by atoms with van der Waals surface area (Å²) in [5, 5.41) is 0. The average Bonchev–Trinajstić information content (AvgIpc) is 2.37. The van der Waals surface area contributed by atoms with Crippen molar-refractivity contribution in [1.82, 2.24) is 0 Å². The van der Waals surface area contributed by atoms with Crippen molar-refractivity contribution < 1.29 is 28.5 Å². The summed E-state index contributed by atoms with van der Waals surface area (Å²) in [4.78, 5) is 23.0. The summed E-state index contributed by atoms with van der Waals surface area (Å²) in [7, 11) is 0. The third-order valence-electron chi connectivity index (χ3n) is 2.81. The first-order valence-corrected chi connectivity index (χ1v) is 6.02. The molecule has 0 saturated carbocycles. The van der Waals surface area contributed by atoms with Gasteiger partial charge in [-0.1, -0.05) is 6.92 Å². The normalized spacial score (nSPS) is 20.3. The van der Waals surface area contributed by atoms with Gasteiger partial charge in [0.25, 0.3) is 0 Å². The molecule has 18 heavy (non-hydrogen) atoms. The molecule has 1 saturated heterocycles. The van der Waals surface area contributed by atoms with E-state index in [0.29, 0.717) is 19.6 Å². The van der Waals surface area contributed by atoms with Crippen molar-refractivity contribution in [3.05, 3.63) is 0 Å². The Morgan fingerprint density at radius 1 is 1.33 bits per heavy atom. The van der Waals surface area contributed by atoms with Crippen LogP contribution in [0, 0.1) is 5.41 Å². The molecule has 0 aromatic carbocycles. The van der Waals surface area contributed by atoms with Gasteiger partial charge >= 0.3 is 11.9 Å². The van der Waals surface area contributed by atoms with Gasteiger partial charge in [0.1, 0.15) is 6.61 Å². The first kappa shape index (κ1) is 14.9. The molecule has 0 N–H and O–H groups in total. The monoisotopic (exact) mass is 260 g/mol. The number of hydrogen-bond donors (Lipinski definition) is 0. The Hall–Kier alpha value is -1.14. The first-order valence-electron chi connectivity index (χ1n) is 6.02. The zero-order chi connectivity index (χ0) is 13.6. The van der Waals surface area contributed by atoms with Crippen molar-refractivity contribution in [3.63, 3.8) is 0 Å². The summed E-state index contributed by atoms with van der Waals surface area (Å²) >= 11 is 0. The van der Waals surface area contributed by atoms with Crippen LogP contribution in [0.5, 0.6) is 0 Å². The zero-order valence-electron chi connectivity index (χ0n) is 11.1. The lowest BCUT2D eigenvalue weighted by Crippen LogP contribution is -2.35. The van der Waals surface area contributed by atoms with Crippen LogP contribution in [0.4, 0.5) is 0 Å². The van der Waals surface area contributed by atoms with Crippen LogP contribution >= 0.6 is 0 Å². The largest absolute Gasteiger partial charge is 0.453 e. The number of hydrogen-bond acceptors (Lipinski definition) is 6. The second kappa shape index (κ2) is 6.70. The lowest BCUT2D eigenvalue weighted by Gasteiger charge is -2.23. The molecule has 1 fully saturated rings. The summed E-state index contributed by atoms with van der Waals surface area (Å²) in [6, 6.07) is 0. The Bertz CT molecular complexity index is 293. The van der Waals surface area contributed by atoms with E-state index in [-0.39, 0.29) is 6.61 Å². The average molecular weight is 260 g/mol. The molecule has 0 radical (unpaired) electrons. The topological polar surface area (TPSA) is 71.1 Å². The fourth-order valence-corrected chi connectivity index (χ4v) is 1.18. The van der Waals surface area contributed by atoms with Crippen LogP contribution in [0.2, 0.25) is 0 Å². The molecule has 0 aromatic heterocycles. The van der Waals surface area contributed by atoms with Crippen molar-refractivity contribution >= 4 is 11.9 Å². The fourth-order valence-electron chi connectivity index (χ4n) is 1.18. The van der Waals surface area contributed by atoms with Crippen LogP contribution in [0.3, 0.4) is 0 Å². The minimum Gasteiger partial charge on any atom is -0.453 e. The number of rotatable bonds is 5. The number of esters is 2. The molecule has 6 nitrogen and oxygen atoms in total. The van der Waals surface area contributed by atoms with Gasteiger partial charge in [-0.3, -0.25) is 4.79 Å². The summed E-state index contributed by atoms with van der Waals surface area (Å²) in [6.45, 7) is 6.10. The van der Waals surface area contributed by atoms with Crippen molar-refractivity contribution in [2.45, 2.75) is 33.5 Å². The van der Waals surface area contributed by atoms with E-state index in [1.54, 1.807) is 13.8 Å². The maximum absolute atomic E-state index is 11.6. The number of ether oxygens (including phenoxy) is 4. The minimum atomic E-state index is -0.705. The number of carbonyl (C=O) groups excluding carboxylic acids is 2. The van der Waals surface area contributed by atoms with Gasteiger partial charge in [0.05, 0.1) is 18.6 Å². The van der Waals surface area contributed by atoms with Crippen LogP contribution in [0.1, 0.15) is 27.2 Å². The second-order valence-corrected chi connectivity index (χ2v) is 4.68. The van der Waals surface area contributed by atoms with Crippen molar-refractivity contribution in [2.24, 2.45) is 5.41 Å². The molecule has 1 unspecified atom stereocenters. The second-order valence-electron chi connectivity index (χ2n) is 4.68. The maximum atomic E-state index is 11.6. The standard InChI is InChI=1S/C12H20O6/c1-4-12(2,3)11(14)17-7-9(13)18-10-8-15-5-6-16-10/h10H,4-8H2,1-3H3. The van der Waals surface area contributed by atoms with E-state index >= 15 is 0 Å². The lowest BCUT2D eigenvalue weighted by molar-refractivity contribution is -0.217. The Morgan fingerprint density at radius 3 is 2.61 bits per heavy atom. The summed E-state index contributed by atoms with van der Waals surface area (Å²) < 4.78 is 20.0. The highest BCUT2D eigenvalue weighted by atomic mass is 16.7. The highest BCUT2D eigenvalue weighted by molar-refractivity contribution is 5.79. The quantitative estimate of drug-likeness (QED) is 0.683. The fraction of sp³-hybridized carbons (Fsp3) is 0.833. The molecule has 1 atom stereocenters. The van der Waals surface area contributed by atoms with Crippen LogP contribution in [0.15, 0.2) is 0 Å². The molecule has 1 aliphatic rings. The minimum absolute atomic E-state index is 0.208. The maximum Gasteiger partial charge on any atom is 0.346 e. The molecule has 0 aliphatic carbocycles. The molecular weight excluding hydrogens is 240 g/mol. The number of carbonyl (C=O) groups is 2. The van der Waals surface area contributed by atoms with Gasteiger partial charge in [-0.25, -0.2) is 4.79 Å². The van der Waals surface area contributed by atoms with Crippen LogP contribution < -0.4 is 0 Å². The SMILES string of the molecule is CCC(C)(C)C(=O)OCC(=O)OC1COCCO1. The van der Waals surface area contributed by atoms with Gasteiger partial charge in [0, 0.05) is 0 Å². The molecular formula is C12H20O6. The van der Waals surface area contributed by atoms with E-state index in [1.165, 1.54) is 0 Å². The third-order valence-corrected chi connectivity index (χ3v) is 2.81. The predicted molar refractivity (Wildman–Crippen MR) is 61.7 cm³/mol. The summed E-state index contributed by atoms with van der Waals surface area (Å²) in [6.07, 6.45) is -0.0652. The highest BCUT2D eigenvalue weighted by Gasteiger charge is 2.28. The van der Waals surface area contributed by atoms with E-state index in [2.05, 4.69) is 0 Å². The predicted octanol–water partition coefficient (Wildman–Crippen LogP) is 0.882. The molecule has 1 heterocycles. The first-order chi connectivity index (χ1) is 8.45. The molecule has 0 aromatic rings. The van der Waals surface area contributed by atoms with Crippen LogP contribution in [-0.4, -0.2) is 44.7 Å². The zero-order valence-corrected chi connectivity index (χ0v) is 11.1. The Balaban J connectivity index is 2.26. The van der Waals surface area contributed by atoms with Gasteiger partial charge in [-0.15, -0.1) is 0 Å². The van der Waals surface area contributed by atoms with Crippen LogP contribution in [0.25, 0.3) is 0 Å². The van der Waals surface area contributed by atoms with Crippen molar-refractivity contribution in [3.8, 4) is 0 Å². The summed E-state index contributed by atoms with van der Waals surface area (Å²) in [5.41, 5.74) is -0.593. The Labute approximate surface area is 107 Å². The van der Waals surface area contributed by atoms with E-state index in [1.807, 2.05) is 6.92 Å². The third kappa shape index (κ3) is 4.62. The Morgan fingerprint density at radius 2 is 2.06 bits per heavy atom. The van der Waals surface area contributed by atoms with Gasteiger partial charge in [0.15, 0.2) is 6.61 Å². The molecule has 104 valence electrons. The molecule has 1 aliphatic heterocycles. The highest BCUT2D eigenvalue weighted by Crippen LogP contribution is 2.21. The molecule has 6 heteroatoms. The smallest absolute Gasteiger partial charge is 0.346 e. The van der Waals surface area contributed by atoms with E-state index in [9.17, 15) is 9.59 Å². The van der Waals surface area contributed by atoms with Crippen molar-refractivity contribution in [2.75, 3.05) is 26.4 Å². The molecule has 0 amide bonds. The van der Waals surface area contributed by atoms with Gasteiger partial charge in [0.2, 0.25) is 6.29 Å². The molecule has 0 bridgehead atoms. The van der Waals surface area contributed by atoms with Crippen molar-refractivity contribution in [1.29, 1.82) is 0 Å². The van der Waals surface area contributed by atoms with E-state index < -0.39 is 30.3 Å². The van der Waals surface area contributed by atoms with E-state index in [0.717, 1.165) is 0 Å².